The van der Waals surface area contributed by atoms with Gasteiger partial charge in [0.25, 0.3) is 0 Å². The standard InChI is InChI=1S/C13H16F3N4OP/c1-22(2,21)9-5-3-8(4-6-9)13(18)19-7-10(11(17)20-13)12(14,15)16/h3-7,19H,18H2,1-2H3,(H2,17,20). The van der Waals surface area contributed by atoms with Gasteiger partial charge in [0.2, 0.25) is 5.79 Å². The molecule has 0 aromatic heterocycles. The van der Waals surface area contributed by atoms with Gasteiger partial charge in [0, 0.05) is 17.1 Å². The summed E-state index contributed by atoms with van der Waals surface area (Å²) in [6, 6.07) is 6.35. The normalized spacial score (nSPS) is 22.6. The van der Waals surface area contributed by atoms with Crippen LogP contribution in [-0.4, -0.2) is 25.3 Å². The van der Waals surface area contributed by atoms with E-state index in [0.717, 1.165) is 0 Å². The number of alkyl halides is 3. The smallest absolute Gasteiger partial charge is 0.383 e. The fourth-order valence-electron chi connectivity index (χ4n) is 1.99. The number of benzene rings is 1. The van der Waals surface area contributed by atoms with Crippen molar-refractivity contribution >= 4 is 18.3 Å². The van der Waals surface area contributed by atoms with E-state index >= 15 is 0 Å². The molecule has 5 N–H and O–H groups in total. The zero-order valence-electron chi connectivity index (χ0n) is 12.0. The van der Waals surface area contributed by atoms with Crippen molar-refractivity contribution in [2.75, 3.05) is 13.3 Å². The molecular formula is C13H16F3N4OP. The summed E-state index contributed by atoms with van der Waals surface area (Å²) in [5.74, 6) is -2.28. The highest BCUT2D eigenvalue weighted by Crippen LogP contribution is 2.35. The first-order valence-corrected chi connectivity index (χ1v) is 8.89. The van der Waals surface area contributed by atoms with Crippen LogP contribution in [0, 0.1) is 0 Å². The molecule has 0 radical (unpaired) electrons. The predicted octanol–water partition coefficient (Wildman–Crippen LogP) is 1.41. The quantitative estimate of drug-likeness (QED) is 0.714. The van der Waals surface area contributed by atoms with Crippen LogP contribution in [0.1, 0.15) is 5.56 Å². The van der Waals surface area contributed by atoms with Crippen molar-refractivity contribution in [1.29, 1.82) is 0 Å². The van der Waals surface area contributed by atoms with Crippen molar-refractivity contribution in [3.63, 3.8) is 0 Å². The second-order valence-corrected chi connectivity index (χ2v) is 8.58. The van der Waals surface area contributed by atoms with Gasteiger partial charge in [0.1, 0.15) is 18.6 Å². The Balaban J connectivity index is 2.35. The van der Waals surface area contributed by atoms with E-state index in [2.05, 4.69) is 10.3 Å². The second-order valence-electron chi connectivity index (χ2n) is 5.36. The number of hydrogen-bond donors (Lipinski definition) is 3. The van der Waals surface area contributed by atoms with Crippen molar-refractivity contribution in [3.05, 3.63) is 41.6 Å². The summed E-state index contributed by atoms with van der Waals surface area (Å²) >= 11 is 0. The minimum Gasteiger partial charge on any atom is -0.383 e. The van der Waals surface area contributed by atoms with Crippen LogP contribution in [0.2, 0.25) is 0 Å². The maximum Gasteiger partial charge on any atom is 0.421 e. The fraction of sp³-hybridized carbons (Fsp3) is 0.308. The van der Waals surface area contributed by atoms with E-state index in [0.29, 0.717) is 17.1 Å². The summed E-state index contributed by atoms with van der Waals surface area (Å²) in [4.78, 5) is 3.73. The Labute approximate surface area is 125 Å². The Morgan fingerprint density at radius 3 is 2.18 bits per heavy atom. The van der Waals surface area contributed by atoms with Gasteiger partial charge in [0.15, 0.2) is 0 Å². The number of hydrogen-bond acceptors (Lipinski definition) is 5. The predicted molar refractivity (Wildman–Crippen MR) is 80.3 cm³/mol. The van der Waals surface area contributed by atoms with Crippen LogP contribution < -0.4 is 22.1 Å². The van der Waals surface area contributed by atoms with Crippen LogP contribution in [0.4, 0.5) is 13.2 Å². The Morgan fingerprint density at radius 1 is 1.23 bits per heavy atom. The highest BCUT2D eigenvalue weighted by Gasteiger charge is 2.41. The number of rotatable bonds is 2. The molecule has 1 atom stereocenters. The molecule has 1 aliphatic heterocycles. The molecule has 1 unspecified atom stereocenters. The molecule has 0 saturated carbocycles. The van der Waals surface area contributed by atoms with Crippen molar-refractivity contribution in [3.8, 4) is 0 Å². The van der Waals surface area contributed by atoms with E-state index in [4.69, 9.17) is 11.5 Å². The van der Waals surface area contributed by atoms with E-state index in [1.165, 1.54) is 0 Å². The highest BCUT2D eigenvalue weighted by atomic mass is 31.2. The van der Waals surface area contributed by atoms with Gasteiger partial charge < -0.3 is 15.6 Å². The Hall–Kier alpha value is -1.79. The average molecular weight is 332 g/mol. The molecule has 22 heavy (non-hydrogen) atoms. The SMILES string of the molecule is CP(C)(=O)c1ccc(C2(N)N=C(N)C(C(F)(F)F)=CN2)cc1. The summed E-state index contributed by atoms with van der Waals surface area (Å²) in [6.45, 7) is 3.24. The zero-order valence-corrected chi connectivity index (χ0v) is 12.9. The van der Waals surface area contributed by atoms with Gasteiger partial charge >= 0.3 is 6.18 Å². The molecule has 0 bridgehead atoms. The number of nitrogens with one attached hydrogen (secondary N) is 1. The van der Waals surface area contributed by atoms with Crippen LogP contribution in [0.15, 0.2) is 41.0 Å². The summed E-state index contributed by atoms with van der Waals surface area (Å²) in [5, 5.41) is 3.05. The van der Waals surface area contributed by atoms with Crippen LogP contribution in [0.3, 0.4) is 0 Å². The first kappa shape index (κ1) is 16.6. The van der Waals surface area contributed by atoms with Crippen LogP contribution in [0.25, 0.3) is 0 Å². The molecule has 9 heteroatoms. The molecule has 2 rings (SSSR count). The third kappa shape index (κ3) is 3.18. The molecule has 1 aromatic carbocycles. The lowest BCUT2D eigenvalue weighted by molar-refractivity contribution is -0.0870. The van der Waals surface area contributed by atoms with E-state index in [1.807, 2.05) is 0 Å². The van der Waals surface area contributed by atoms with E-state index in [1.54, 1.807) is 37.6 Å². The zero-order chi connectivity index (χ0) is 16.8. The molecule has 1 aliphatic rings. The molecule has 0 fully saturated rings. The van der Waals surface area contributed by atoms with Crippen LogP contribution in [0.5, 0.6) is 0 Å². The Kier molecular flexibility index (Phi) is 3.87. The molecule has 1 heterocycles. The fourth-order valence-corrected chi connectivity index (χ4v) is 2.86. The number of aliphatic imine (C=N–C) groups is 1. The molecule has 5 nitrogen and oxygen atoms in total. The Morgan fingerprint density at radius 2 is 1.77 bits per heavy atom. The summed E-state index contributed by atoms with van der Waals surface area (Å²) in [7, 11) is -2.43. The van der Waals surface area contributed by atoms with Crippen molar-refractivity contribution in [1.82, 2.24) is 5.32 Å². The lowest BCUT2D eigenvalue weighted by Crippen LogP contribution is -2.51. The largest absolute Gasteiger partial charge is 0.421 e. The maximum absolute atomic E-state index is 12.7. The number of nitrogens with zero attached hydrogens (tertiary/aromatic N) is 1. The van der Waals surface area contributed by atoms with E-state index < -0.39 is 30.5 Å². The second kappa shape index (κ2) is 5.14. The van der Waals surface area contributed by atoms with Gasteiger partial charge in [-0.2, -0.15) is 13.2 Å². The average Bonchev–Trinajstić information content (AvgIpc) is 2.36. The van der Waals surface area contributed by atoms with Crippen LogP contribution >= 0.6 is 7.14 Å². The Bertz CT molecular complexity index is 690. The monoisotopic (exact) mass is 332 g/mol. The maximum atomic E-state index is 12.7. The summed E-state index contributed by atoms with van der Waals surface area (Å²) in [6.07, 6.45) is -3.90. The molecule has 0 amide bonds. The topological polar surface area (TPSA) is 93.5 Å². The van der Waals surface area contributed by atoms with E-state index in [9.17, 15) is 17.7 Å². The molecule has 0 aliphatic carbocycles. The first-order valence-electron chi connectivity index (χ1n) is 6.29. The van der Waals surface area contributed by atoms with Crippen molar-refractivity contribution in [2.45, 2.75) is 12.0 Å². The number of nitrogens with two attached hydrogens (primary N) is 2. The van der Waals surface area contributed by atoms with Crippen molar-refractivity contribution in [2.24, 2.45) is 16.5 Å². The summed E-state index contributed by atoms with van der Waals surface area (Å²) < 4.78 is 50.0. The van der Waals surface area contributed by atoms with Gasteiger partial charge in [-0.15, -0.1) is 0 Å². The lowest BCUT2D eigenvalue weighted by Gasteiger charge is -2.31. The molecule has 120 valence electrons. The van der Waals surface area contributed by atoms with Gasteiger partial charge in [-0.3, -0.25) is 5.73 Å². The van der Waals surface area contributed by atoms with Gasteiger partial charge in [0.05, 0.1) is 0 Å². The molecule has 1 aromatic rings. The van der Waals surface area contributed by atoms with Crippen molar-refractivity contribution < 1.29 is 17.7 Å². The number of halogens is 3. The van der Waals surface area contributed by atoms with E-state index in [-0.39, 0.29) is 0 Å². The third-order valence-corrected chi connectivity index (χ3v) is 4.79. The van der Waals surface area contributed by atoms with Crippen LogP contribution in [-0.2, 0) is 10.4 Å². The number of amidine groups is 1. The summed E-state index contributed by atoms with van der Waals surface area (Å²) in [5.41, 5.74) is 10.7. The lowest BCUT2D eigenvalue weighted by atomic mass is 10.1. The van der Waals surface area contributed by atoms with Gasteiger partial charge in [-0.25, -0.2) is 4.99 Å². The highest BCUT2D eigenvalue weighted by molar-refractivity contribution is 7.70. The first-order chi connectivity index (χ1) is 9.93. The minimum atomic E-state index is -4.61. The molecule has 0 saturated heterocycles. The van der Waals surface area contributed by atoms with Gasteiger partial charge in [-0.1, -0.05) is 24.3 Å². The third-order valence-electron chi connectivity index (χ3n) is 3.24. The molecular weight excluding hydrogens is 316 g/mol. The van der Waals surface area contributed by atoms with Gasteiger partial charge in [-0.05, 0) is 13.3 Å². The molecule has 0 spiro atoms. The minimum absolute atomic E-state index is 0.408.